The van der Waals surface area contributed by atoms with E-state index < -0.39 is 23.7 Å². The Morgan fingerprint density at radius 3 is 2.39 bits per heavy atom. The third-order valence-electron chi connectivity index (χ3n) is 2.83. The molecule has 6 nitrogen and oxygen atoms in total. The Morgan fingerprint density at radius 2 is 1.94 bits per heavy atom. The quantitative estimate of drug-likeness (QED) is 0.774. The molecule has 18 heavy (non-hydrogen) atoms. The Bertz CT molecular complexity index is 325. The van der Waals surface area contributed by atoms with Crippen LogP contribution in [0.2, 0.25) is 0 Å². The molecular weight excluding hydrogens is 236 g/mol. The van der Waals surface area contributed by atoms with Crippen molar-refractivity contribution in [1.82, 2.24) is 10.2 Å². The van der Waals surface area contributed by atoms with Gasteiger partial charge in [0.05, 0.1) is 0 Å². The summed E-state index contributed by atoms with van der Waals surface area (Å²) in [7, 11) is 1.75. The van der Waals surface area contributed by atoms with Gasteiger partial charge in [-0.25, -0.2) is 4.79 Å². The highest BCUT2D eigenvalue weighted by Crippen LogP contribution is 2.16. The standard InChI is InChI=1S/C12H22N2O4/c1-12(2,3)18-11(17)13-8-5-6-9(10(15)16)14(4)7-8/h8-9H,5-7H2,1-4H3,(H,13,17)(H,15,16). The lowest BCUT2D eigenvalue weighted by Gasteiger charge is -2.35. The summed E-state index contributed by atoms with van der Waals surface area (Å²) in [6.07, 6.45) is 0.738. The van der Waals surface area contributed by atoms with E-state index in [9.17, 15) is 9.59 Å². The minimum Gasteiger partial charge on any atom is -0.480 e. The van der Waals surface area contributed by atoms with Gasteiger partial charge in [-0.3, -0.25) is 9.69 Å². The van der Waals surface area contributed by atoms with Gasteiger partial charge < -0.3 is 15.2 Å². The molecule has 0 spiro atoms. The van der Waals surface area contributed by atoms with Crippen LogP contribution in [0.3, 0.4) is 0 Å². The van der Waals surface area contributed by atoms with Crippen LogP contribution in [0.25, 0.3) is 0 Å². The Balaban J connectivity index is 2.43. The number of likely N-dealkylation sites (tertiary alicyclic amines) is 1. The van der Waals surface area contributed by atoms with E-state index in [1.807, 2.05) is 0 Å². The number of hydrogen-bond acceptors (Lipinski definition) is 4. The molecule has 0 aromatic rings. The van der Waals surface area contributed by atoms with Crippen molar-refractivity contribution < 1.29 is 19.4 Å². The molecule has 2 unspecified atom stereocenters. The fourth-order valence-corrected chi connectivity index (χ4v) is 2.05. The number of nitrogens with zero attached hydrogens (tertiary/aromatic N) is 1. The molecule has 0 aromatic carbocycles. The smallest absolute Gasteiger partial charge is 0.407 e. The summed E-state index contributed by atoms with van der Waals surface area (Å²) < 4.78 is 5.17. The number of amides is 1. The van der Waals surface area contributed by atoms with Gasteiger partial charge in [-0.2, -0.15) is 0 Å². The summed E-state index contributed by atoms with van der Waals surface area (Å²) in [6.45, 7) is 5.94. The maximum Gasteiger partial charge on any atom is 0.407 e. The third-order valence-corrected chi connectivity index (χ3v) is 2.83. The number of aliphatic carboxylic acids is 1. The van der Waals surface area contributed by atoms with Gasteiger partial charge in [0.15, 0.2) is 0 Å². The monoisotopic (exact) mass is 258 g/mol. The van der Waals surface area contributed by atoms with Crippen LogP contribution in [0.4, 0.5) is 4.79 Å². The van der Waals surface area contributed by atoms with Gasteiger partial charge in [0.25, 0.3) is 0 Å². The van der Waals surface area contributed by atoms with Crippen molar-refractivity contribution in [2.75, 3.05) is 13.6 Å². The van der Waals surface area contributed by atoms with Crippen LogP contribution in [0.5, 0.6) is 0 Å². The van der Waals surface area contributed by atoms with Crippen LogP contribution in [-0.2, 0) is 9.53 Å². The SMILES string of the molecule is CN1CC(NC(=O)OC(C)(C)C)CCC1C(=O)O. The molecule has 2 atom stereocenters. The van der Waals surface area contributed by atoms with Crippen LogP contribution in [0.1, 0.15) is 33.6 Å². The first-order valence-corrected chi connectivity index (χ1v) is 6.11. The maximum absolute atomic E-state index is 11.6. The van der Waals surface area contributed by atoms with Crippen LogP contribution in [-0.4, -0.2) is 53.3 Å². The first kappa shape index (κ1) is 14.8. The van der Waals surface area contributed by atoms with Gasteiger partial charge in [-0.1, -0.05) is 0 Å². The molecule has 1 saturated heterocycles. The van der Waals surface area contributed by atoms with Crippen LogP contribution in [0.15, 0.2) is 0 Å². The molecule has 1 rings (SSSR count). The van der Waals surface area contributed by atoms with Gasteiger partial charge in [0.1, 0.15) is 11.6 Å². The Hall–Kier alpha value is -1.30. The molecule has 6 heteroatoms. The molecule has 2 N–H and O–H groups in total. The summed E-state index contributed by atoms with van der Waals surface area (Å²) in [4.78, 5) is 24.3. The van der Waals surface area contributed by atoms with Crippen LogP contribution >= 0.6 is 0 Å². The second kappa shape index (κ2) is 5.56. The molecule has 0 aliphatic carbocycles. The van der Waals surface area contributed by atoms with E-state index in [0.29, 0.717) is 19.4 Å². The highest BCUT2D eigenvalue weighted by Gasteiger charge is 2.31. The number of likely N-dealkylation sites (N-methyl/N-ethyl adjacent to an activating group) is 1. The average Bonchev–Trinajstić information content (AvgIpc) is 2.13. The summed E-state index contributed by atoms with van der Waals surface area (Å²) in [6, 6.07) is -0.512. The highest BCUT2D eigenvalue weighted by molar-refractivity contribution is 5.73. The normalized spacial score (nSPS) is 25.6. The van der Waals surface area contributed by atoms with Crippen LogP contribution in [0, 0.1) is 0 Å². The minimum atomic E-state index is -0.812. The van der Waals surface area contributed by atoms with E-state index in [2.05, 4.69) is 5.32 Å². The number of carboxylic acid groups (broad SMARTS) is 1. The van der Waals surface area contributed by atoms with Gasteiger partial charge in [0.2, 0.25) is 0 Å². The Morgan fingerprint density at radius 1 is 1.33 bits per heavy atom. The first-order chi connectivity index (χ1) is 8.19. The Kier molecular flexibility index (Phi) is 4.56. The van der Waals surface area contributed by atoms with E-state index in [4.69, 9.17) is 9.84 Å². The van der Waals surface area contributed by atoms with Crippen molar-refractivity contribution in [3.05, 3.63) is 0 Å². The number of piperidine rings is 1. The predicted molar refractivity (Wildman–Crippen MR) is 66.4 cm³/mol. The van der Waals surface area contributed by atoms with E-state index in [-0.39, 0.29) is 6.04 Å². The van der Waals surface area contributed by atoms with Crippen LogP contribution < -0.4 is 5.32 Å². The zero-order valence-electron chi connectivity index (χ0n) is 11.4. The largest absolute Gasteiger partial charge is 0.480 e. The van der Waals surface area contributed by atoms with Crippen molar-refractivity contribution in [1.29, 1.82) is 0 Å². The molecule has 1 amide bonds. The zero-order chi connectivity index (χ0) is 13.9. The second-order valence-corrected chi connectivity index (χ2v) is 5.71. The van der Waals surface area contributed by atoms with Crippen molar-refractivity contribution in [3.8, 4) is 0 Å². The molecule has 0 bridgehead atoms. The summed E-state index contributed by atoms with van der Waals surface area (Å²) >= 11 is 0. The maximum atomic E-state index is 11.6. The van der Waals surface area contributed by atoms with Crippen molar-refractivity contribution >= 4 is 12.1 Å². The Labute approximate surface area is 107 Å². The zero-order valence-corrected chi connectivity index (χ0v) is 11.4. The molecule has 1 fully saturated rings. The number of hydrogen-bond donors (Lipinski definition) is 2. The lowest BCUT2D eigenvalue weighted by atomic mass is 9.99. The number of carboxylic acids is 1. The van der Waals surface area contributed by atoms with Gasteiger partial charge in [-0.15, -0.1) is 0 Å². The second-order valence-electron chi connectivity index (χ2n) is 5.71. The molecule has 0 saturated carbocycles. The lowest BCUT2D eigenvalue weighted by molar-refractivity contribution is -0.144. The van der Waals surface area contributed by atoms with Crippen molar-refractivity contribution in [2.45, 2.75) is 51.3 Å². The van der Waals surface area contributed by atoms with Gasteiger partial charge in [-0.05, 0) is 40.7 Å². The van der Waals surface area contributed by atoms with Crippen molar-refractivity contribution in [3.63, 3.8) is 0 Å². The van der Waals surface area contributed by atoms with E-state index in [1.54, 1.807) is 32.7 Å². The summed E-state index contributed by atoms with van der Waals surface area (Å²) in [5, 5.41) is 11.7. The number of ether oxygens (including phenoxy) is 1. The fourth-order valence-electron chi connectivity index (χ4n) is 2.05. The number of nitrogens with one attached hydrogen (secondary N) is 1. The average molecular weight is 258 g/mol. The number of rotatable bonds is 2. The highest BCUT2D eigenvalue weighted by atomic mass is 16.6. The molecule has 1 heterocycles. The third kappa shape index (κ3) is 4.52. The fraction of sp³-hybridized carbons (Fsp3) is 0.833. The molecule has 0 radical (unpaired) electrons. The summed E-state index contributed by atoms with van der Waals surface area (Å²) in [5.74, 6) is -0.812. The number of alkyl carbamates (subject to hydrolysis) is 1. The number of carbonyl (C=O) groups is 2. The lowest BCUT2D eigenvalue weighted by Crippen LogP contribution is -2.53. The van der Waals surface area contributed by atoms with E-state index in [1.165, 1.54) is 0 Å². The van der Waals surface area contributed by atoms with E-state index >= 15 is 0 Å². The predicted octanol–water partition coefficient (Wildman–Crippen LogP) is 1.06. The van der Waals surface area contributed by atoms with Crippen molar-refractivity contribution in [2.24, 2.45) is 0 Å². The molecule has 1 aliphatic rings. The van der Waals surface area contributed by atoms with Gasteiger partial charge >= 0.3 is 12.1 Å². The first-order valence-electron chi connectivity index (χ1n) is 6.11. The summed E-state index contributed by atoms with van der Waals surface area (Å²) in [5.41, 5.74) is -0.520. The number of carbonyl (C=O) groups excluding carboxylic acids is 1. The van der Waals surface area contributed by atoms with Gasteiger partial charge in [0, 0.05) is 12.6 Å². The molecule has 1 aliphatic heterocycles. The molecule has 104 valence electrons. The molecular formula is C12H22N2O4. The molecule has 0 aromatic heterocycles. The topological polar surface area (TPSA) is 78.9 Å². The van der Waals surface area contributed by atoms with E-state index in [0.717, 1.165) is 0 Å². The minimum absolute atomic E-state index is 0.0551.